The van der Waals surface area contributed by atoms with Gasteiger partial charge >= 0.3 is 0 Å². The number of ether oxygens (including phenoxy) is 4. The molecule has 10 heteroatoms. The van der Waals surface area contributed by atoms with Crippen molar-refractivity contribution in [3.05, 3.63) is 0 Å². The van der Waals surface area contributed by atoms with Crippen LogP contribution in [-0.4, -0.2) is 133 Å². The highest BCUT2D eigenvalue weighted by molar-refractivity contribution is 5.38. The van der Waals surface area contributed by atoms with Crippen LogP contribution >= 0.6 is 0 Å². The zero-order valence-corrected chi connectivity index (χ0v) is 21.2. The summed E-state index contributed by atoms with van der Waals surface area (Å²) >= 11 is 0. The number of fused-ring (bicyclic) bond motifs is 2. The molecule has 1 heterocycles. The van der Waals surface area contributed by atoms with E-state index in [9.17, 15) is 25.5 Å². The molecule has 7 bridgehead atoms. The maximum Gasteiger partial charge on any atom is 0.120 e. The summed E-state index contributed by atoms with van der Waals surface area (Å²) in [6.45, 7) is 0.979. The van der Waals surface area contributed by atoms with Gasteiger partial charge in [-0.3, -0.25) is 0 Å². The number of hydrogen-bond acceptors (Lipinski definition) is 10. The van der Waals surface area contributed by atoms with E-state index in [4.69, 9.17) is 18.9 Å². The number of likely N-dealkylation sites (tertiary alicyclic amines) is 1. The lowest BCUT2D eigenvalue weighted by Gasteiger charge is -2.64. The lowest BCUT2D eigenvalue weighted by molar-refractivity contribution is -0.308. The average molecular weight is 500 g/mol. The first-order valence-corrected chi connectivity index (χ1v) is 12.8. The molecule has 0 radical (unpaired) electrons. The van der Waals surface area contributed by atoms with Crippen LogP contribution in [0.4, 0.5) is 0 Å². The Bertz CT molecular complexity index is 878. The van der Waals surface area contributed by atoms with E-state index in [0.29, 0.717) is 26.0 Å². The number of methoxy groups -OCH3 is 4. The summed E-state index contributed by atoms with van der Waals surface area (Å²) in [7, 11) is 8.32. The Morgan fingerprint density at radius 3 is 2.26 bits per heavy atom. The Hall–Kier alpha value is -0.400. The van der Waals surface area contributed by atoms with E-state index >= 15 is 0 Å². The van der Waals surface area contributed by atoms with E-state index in [-0.39, 0.29) is 18.4 Å². The summed E-state index contributed by atoms with van der Waals surface area (Å²) in [5.41, 5.74) is -4.81. The summed E-state index contributed by atoms with van der Waals surface area (Å²) in [4.78, 5) is 2.23. The van der Waals surface area contributed by atoms with E-state index in [1.807, 2.05) is 7.05 Å². The van der Waals surface area contributed by atoms with Crippen LogP contribution < -0.4 is 0 Å². The van der Waals surface area contributed by atoms with E-state index in [0.717, 1.165) is 0 Å². The van der Waals surface area contributed by atoms with Crippen molar-refractivity contribution in [3.63, 3.8) is 0 Å². The van der Waals surface area contributed by atoms with Crippen LogP contribution in [0.15, 0.2) is 0 Å². The normalized spacial score (nSPS) is 62.7. The monoisotopic (exact) mass is 499 g/mol. The molecule has 6 aliphatic rings. The van der Waals surface area contributed by atoms with E-state index in [1.54, 1.807) is 21.3 Å². The largest absolute Gasteiger partial charge is 0.392 e. The molecule has 6 fully saturated rings. The molecule has 0 aromatic carbocycles. The second-order valence-electron chi connectivity index (χ2n) is 12.3. The van der Waals surface area contributed by atoms with Crippen molar-refractivity contribution in [3.8, 4) is 0 Å². The third-order valence-electron chi connectivity index (χ3n) is 11.8. The topological polar surface area (TPSA) is 141 Å². The van der Waals surface area contributed by atoms with Crippen molar-refractivity contribution in [1.82, 2.24) is 4.90 Å². The molecule has 0 aromatic heterocycles. The molecule has 2 unspecified atom stereocenters. The zero-order valence-electron chi connectivity index (χ0n) is 21.2. The molecule has 0 aromatic rings. The predicted octanol–water partition coefficient (Wildman–Crippen LogP) is -1.79. The third-order valence-corrected chi connectivity index (χ3v) is 11.8. The van der Waals surface area contributed by atoms with Crippen LogP contribution in [0.2, 0.25) is 0 Å². The number of hydrogen-bond donors (Lipinski definition) is 5. The summed E-state index contributed by atoms with van der Waals surface area (Å²) in [6.07, 6.45) is -4.29. The first kappa shape index (κ1) is 24.9. The lowest BCUT2D eigenvalue weighted by Crippen LogP contribution is -2.78. The fourth-order valence-electron chi connectivity index (χ4n) is 11.0. The maximum atomic E-state index is 12.6. The van der Waals surface area contributed by atoms with Gasteiger partial charge in [0.05, 0.1) is 31.0 Å². The van der Waals surface area contributed by atoms with Crippen LogP contribution in [0.3, 0.4) is 0 Å². The van der Waals surface area contributed by atoms with Crippen molar-refractivity contribution >= 4 is 0 Å². The van der Waals surface area contributed by atoms with Gasteiger partial charge in [0.2, 0.25) is 0 Å². The summed E-state index contributed by atoms with van der Waals surface area (Å²) in [5.74, 6) is -2.08. The van der Waals surface area contributed by atoms with Gasteiger partial charge in [0.15, 0.2) is 0 Å². The third kappa shape index (κ3) is 2.39. The van der Waals surface area contributed by atoms with E-state index in [2.05, 4.69) is 4.90 Å². The van der Waals surface area contributed by atoms with Crippen LogP contribution in [0, 0.1) is 34.5 Å². The molecule has 1 saturated heterocycles. The highest BCUT2D eigenvalue weighted by Crippen LogP contribution is 2.79. The van der Waals surface area contributed by atoms with Crippen molar-refractivity contribution in [2.45, 2.75) is 73.1 Å². The summed E-state index contributed by atoms with van der Waals surface area (Å²) < 4.78 is 23.8. The molecule has 5 aliphatic carbocycles. The van der Waals surface area contributed by atoms with Gasteiger partial charge < -0.3 is 49.4 Å². The van der Waals surface area contributed by atoms with Gasteiger partial charge in [0.1, 0.15) is 23.4 Å². The van der Waals surface area contributed by atoms with Crippen molar-refractivity contribution in [2.75, 3.05) is 48.6 Å². The maximum absolute atomic E-state index is 12.6. The Kier molecular flexibility index (Phi) is 5.40. The molecular weight excluding hydrogens is 458 g/mol. The zero-order chi connectivity index (χ0) is 25.3. The molecular formula is C25H41NO9. The average Bonchev–Trinajstić information content (AvgIpc) is 3.22. The Morgan fingerprint density at radius 2 is 1.66 bits per heavy atom. The molecule has 1 spiro atoms. The Morgan fingerprint density at radius 1 is 0.943 bits per heavy atom. The van der Waals surface area contributed by atoms with Crippen LogP contribution in [0.1, 0.15) is 19.3 Å². The van der Waals surface area contributed by atoms with Gasteiger partial charge in [0, 0.05) is 69.5 Å². The molecule has 10 nitrogen and oxygen atoms in total. The minimum Gasteiger partial charge on any atom is -0.392 e. The van der Waals surface area contributed by atoms with Crippen molar-refractivity contribution < 1.29 is 44.5 Å². The Balaban J connectivity index is 1.69. The SMILES string of the molecule is COC[C@]12CCN(C)[C@@H]3C4[C@H](OC)[C@H]1[C@@]3([C@@H](OC)C[C@H]2O)[C@@H]1C[C@]2(O)C(OC)[C@H](O)[C@@]4(O)[C@H]1[C@H]2O. The smallest absolute Gasteiger partial charge is 0.120 e. The van der Waals surface area contributed by atoms with Gasteiger partial charge in [-0.15, -0.1) is 0 Å². The second kappa shape index (κ2) is 7.59. The lowest BCUT2D eigenvalue weighted by atomic mass is 9.44. The molecule has 15 atom stereocenters. The van der Waals surface area contributed by atoms with Crippen LogP contribution in [-0.2, 0) is 18.9 Å². The molecule has 5 saturated carbocycles. The molecule has 35 heavy (non-hydrogen) atoms. The van der Waals surface area contributed by atoms with Gasteiger partial charge in [-0.2, -0.15) is 0 Å². The second-order valence-corrected chi connectivity index (χ2v) is 12.3. The quantitative estimate of drug-likeness (QED) is 0.295. The highest BCUT2D eigenvalue weighted by atomic mass is 16.5. The van der Waals surface area contributed by atoms with Crippen LogP contribution in [0.25, 0.3) is 0 Å². The molecule has 6 rings (SSSR count). The van der Waals surface area contributed by atoms with Gasteiger partial charge in [-0.05, 0) is 32.4 Å². The van der Waals surface area contributed by atoms with Crippen LogP contribution in [0.5, 0.6) is 0 Å². The van der Waals surface area contributed by atoms with E-state index in [1.165, 1.54) is 7.11 Å². The number of rotatable bonds is 5. The molecule has 5 N–H and O–H groups in total. The number of aliphatic hydroxyl groups excluding tert-OH is 3. The van der Waals surface area contributed by atoms with Crippen molar-refractivity contribution in [1.29, 1.82) is 0 Å². The summed E-state index contributed by atoms with van der Waals surface area (Å²) in [6, 6.07) is -0.264. The highest BCUT2D eigenvalue weighted by Gasteiger charge is 2.89. The minimum absolute atomic E-state index is 0.153. The fraction of sp³-hybridized carbons (Fsp3) is 1.00. The molecule has 200 valence electrons. The fourth-order valence-corrected chi connectivity index (χ4v) is 11.0. The first-order chi connectivity index (χ1) is 16.6. The standard InChI is InChI=1S/C25H41NO9/c1-26-7-6-22(10-32-2)12(27)8-13(33-3)24-11-9-23(30)19(28)14(11)25(31,20(29)21(23)35-5)15(18(24)26)16(34-4)17(22)24/h11-21,27-31H,6-10H2,1-5H3/t11-,12-,13+,14-,15?,16+,17-,18-,19-,20+,21?,22+,23-,24+,25-/m1/s1. The van der Waals surface area contributed by atoms with Gasteiger partial charge in [-0.25, -0.2) is 0 Å². The first-order valence-electron chi connectivity index (χ1n) is 12.8. The van der Waals surface area contributed by atoms with Crippen molar-refractivity contribution in [2.24, 2.45) is 34.5 Å². The van der Waals surface area contributed by atoms with Gasteiger partial charge in [-0.1, -0.05) is 0 Å². The number of aliphatic hydroxyl groups is 5. The van der Waals surface area contributed by atoms with Gasteiger partial charge in [0.25, 0.3) is 0 Å². The predicted molar refractivity (Wildman–Crippen MR) is 121 cm³/mol. The summed E-state index contributed by atoms with van der Waals surface area (Å²) in [5, 5.41) is 59.3. The molecule has 1 aliphatic heterocycles. The Labute approximate surface area is 206 Å². The van der Waals surface area contributed by atoms with E-state index < -0.39 is 76.4 Å². The minimum atomic E-state index is -1.77. The number of nitrogens with zero attached hydrogens (tertiary/aromatic N) is 1. The molecule has 0 amide bonds.